The third-order valence-corrected chi connectivity index (χ3v) is 2.10. The summed E-state index contributed by atoms with van der Waals surface area (Å²) in [7, 11) is 0. The molecule has 0 atom stereocenters. The molecule has 0 amide bonds. The molecule has 0 aromatic heterocycles. The van der Waals surface area contributed by atoms with Gasteiger partial charge in [-0.2, -0.15) is 0 Å². The van der Waals surface area contributed by atoms with Gasteiger partial charge in [-0.1, -0.05) is 18.2 Å². The predicted molar refractivity (Wildman–Crippen MR) is 64.9 cm³/mol. The van der Waals surface area contributed by atoms with Crippen molar-refractivity contribution in [2.75, 3.05) is 0 Å². The number of hydrogen-bond donors (Lipinski definition) is 3. The minimum Gasteiger partial charge on any atom is -0.481 e. The molecule has 0 saturated heterocycles. The van der Waals surface area contributed by atoms with Crippen LogP contribution in [0.4, 0.5) is 0 Å². The first kappa shape index (κ1) is 17.4. The zero-order valence-electron chi connectivity index (χ0n) is 10.6. The molecule has 0 aliphatic carbocycles. The lowest BCUT2D eigenvalue weighted by Crippen LogP contribution is -2.46. The number of carboxylic acids is 3. The molecule has 110 valence electrons. The van der Waals surface area contributed by atoms with Gasteiger partial charge < -0.3 is 20.1 Å². The molecule has 0 aromatic carbocycles. The Morgan fingerprint density at radius 3 is 1.85 bits per heavy atom. The Kier molecular flexibility index (Phi) is 6.70. The van der Waals surface area contributed by atoms with Crippen molar-refractivity contribution in [1.29, 1.82) is 0 Å². The Hall–Kier alpha value is -2.64. The number of carboxylic acid groups (broad SMARTS) is 3. The number of carbonyl (C=O) groups excluding carboxylic acids is 1. The van der Waals surface area contributed by atoms with Crippen molar-refractivity contribution in [3.05, 3.63) is 24.3 Å². The van der Waals surface area contributed by atoms with Crippen LogP contribution in [0.15, 0.2) is 24.3 Å². The first-order valence-corrected chi connectivity index (χ1v) is 5.43. The van der Waals surface area contributed by atoms with Crippen molar-refractivity contribution in [2.24, 2.45) is 0 Å². The molecule has 8 nitrogen and oxygen atoms in total. The van der Waals surface area contributed by atoms with Crippen molar-refractivity contribution < 1.29 is 39.2 Å². The van der Waals surface area contributed by atoms with Crippen molar-refractivity contribution >= 4 is 23.9 Å². The first-order valence-electron chi connectivity index (χ1n) is 5.43. The van der Waals surface area contributed by atoms with Gasteiger partial charge in [0.25, 0.3) is 0 Å². The Labute approximate surface area is 114 Å². The number of aliphatic carboxylic acids is 3. The lowest BCUT2D eigenvalue weighted by molar-refractivity contribution is -0.183. The monoisotopic (exact) mass is 286 g/mol. The van der Waals surface area contributed by atoms with Crippen molar-refractivity contribution in [1.82, 2.24) is 0 Å². The molecule has 0 rings (SSSR count). The summed E-state index contributed by atoms with van der Waals surface area (Å²) in [4.78, 5) is 43.9. The molecular formula is C12H14O8. The lowest BCUT2D eigenvalue weighted by Gasteiger charge is -2.25. The number of allylic oxidation sites excluding steroid dienone is 3. The molecule has 3 N–H and O–H groups in total. The highest BCUT2D eigenvalue weighted by Gasteiger charge is 2.46. The fourth-order valence-corrected chi connectivity index (χ4v) is 1.29. The van der Waals surface area contributed by atoms with Gasteiger partial charge in [0.15, 0.2) is 0 Å². The van der Waals surface area contributed by atoms with Gasteiger partial charge in [-0.15, -0.1) is 0 Å². The lowest BCUT2D eigenvalue weighted by atomic mass is 9.95. The molecule has 0 unspecified atom stereocenters. The quantitative estimate of drug-likeness (QED) is 0.332. The van der Waals surface area contributed by atoms with E-state index in [4.69, 9.17) is 15.3 Å². The Morgan fingerprint density at radius 1 is 1.00 bits per heavy atom. The van der Waals surface area contributed by atoms with Gasteiger partial charge in [-0.25, -0.2) is 9.59 Å². The van der Waals surface area contributed by atoms with Crippen LogP contribution in [-0.2, 0) is 23.9 Å². The number of rotatable bonds is 8. The topological polar surface area (TPSA) is 138 Å². The largest absolute Gasteiger partial charge is 0.481 e. The molecule has 0 heterocycles. The summed E-state index contributed by atoms with van der Waals surface area (Å²) in [5, 5.41) is 26.3. The summed E-state index contributed by atoms with van der Waals surface area (Å²) in [6, 6.07) is 0. The fraction of sp³-hybridized carbons (Fsp3) is 0.333. The summed E-state index contributed by atoms with van der Waals surface area (Å²) in [6.45, 7) is 1.67. The average molecular weight is 286 g/mol. The molecule has 0 saturated carbocycles. The number of ether oxygens (including phenoxy) is 1. The van der Waals surface area contributed by atoms with Crippen LogP contribution in [0.2, 0.25) is 0 Å². The van der Waals surface area contributed by atoms with E-state index in [2.05, 4.69) is 4.74 Å². The van der Waals surface area contributed by atoms with E-state index in [0.717, 1.165) is 6.08 Å². The fourth-order valence-electron chi connectivity index (χ4n) is 1.29. The third-order valence-electron chi connectivity index (χ3n) is 2.10. The van der Waals surface area contributed by atoms with E-state index < -0.39 is 42.3 Å². The first-order chi connectivity index (χ1) is 9.23. The van der Waals surface area contributed by atoms with Crippen molar-refractivity contribution in [3.8, 4) is 0 Å². The van der Waals surface area contributed by atoms with E-state index in [-0.39, 0.29) is 0 Å². The Bertz CT molecular complexity index is 444. The number of esters is 1. The number of carbonyl (C=O) groups is 4. The second kappa shape index (κ2) is 7.72. The molecule has 20 heavy (non-hydrogen) atoms. The highest BCUT2D eigenvalue weighted by Crippen LogP contribution is 2.22. The molecule has 0 aromatic rings. The second-order valence-electron chi connectivity index (χ2n) is 3.75. The third kappa shape index (κ3) is 5.80. The molecule has 0 radical (unpaired) electrons. The maximum atomic E-state index is 11.4. The van der Waals surface area contributed by atoms with Gasteiger partial charge >= 0.3 is 23.9 Å². The minimum absolute atomic E-state index is 0.862. The molecule has 8 heteroatoms. The summed E-state index contributed by atoms with van der Waals surface area (Å²) >= 11 is 0. The van der Waals surface area contributed by atoms with E-state index in [1.54, 1.807) is 13.0 Å². The summed E-state index contributed by atoms with van der Waals surface area (Å²) in [5.41, 5.74) is -2.64. The standard InChI is InChI=1S/C12H14O8/c1-2-3-4-5-10(17)20-12(11(18)19,6-8(13)14)7-9(15)16/h2-5H,6-7H2,1H3,(H,13,14)(H,15,16)(H,18,19). The SMILES string of the molecule is CC=CC=CC(=O)OC(CC(=O)O)(CC(=O)O)C(=O)O. The minimum atomic E-state index is -2.64. The van der Waals surface area contributed by atoms with Crippen molar-refractivity contribution in [2.45, 2.75) is 25.4 Å². The van der Waals surface area contributed by atoms with Gasteiger partial charge in [0, 0.05) is 6.08 Å². The second-order valence-corrected chi connectivity index (χ2v) is 3.75. The molecular weight excluding hydrogens is 272 g/mol. The van der Waals surface area contributed by atoms with E-state index in [1.807, 2.05) is 0 Å². The zero-order valence-corrected chi connectivity index (χ0v) is 10.6. The van der Waals surface area contributed by atoms with Crippen LogP contribution < -0.4 is 0 Å². The highest BCUT2D eigenvalue weighted by atomic mass is 16.6. The van der Waals surface area contributed by atoms with E-state index in [1.165, 1.54) is 12.2 Å². The predicted octanol–water partition coefficient (Wildman–Crippen LogP) is 0.435. The maximum absolute atomic E-state index is 11.4. The van der Waals surface area contributed by atoms with E-state index in [0.29, 0.717) is 0 Å². The normalized spacial score (nSPS) is 11.7. The smallest absolute Gasteiger partial charge is 0.349 e. The Morgan fingerprint density at radius 2 is 1.50 bits per heavy atom. The van der Waals surface area contributed by atoms with Gasteiger partial charge in [0.2, 0.25) is 5.60 Å². The summed E-state index contributed by atoms with van der Waals surface area (Å²) in [5.74, 6) is -6.18. The van der Waals surface area contributed by atoms with Crippen LogP contribution >= 0.6 is 0 Å². The average Bonchev–Trinajstić information content (AvgIpc) is 2.26. The number of hydrogen-bond acceptors (Lipinski definition) is 5. The molecule has 0 spiro atoms. The Balaban J connectivity index is 5.27. The van der Waals surface area contributed by atoms with E-state index >= 15 is 0 Å². The van der Waals surface area contributed by atoms with Crippen LogP contribution in [0, 0.1) is 0 Å². The molecule has 0 fully saturated rings. The van der Waals surface area contributed by atoms with Crippen LogP contribution in [0.5, 0.6) is 0 Å². The summed E-state index contributed by atoms with van der Waals surface area (Å²) in [6.07, 6.45) is 2.84. The van der Waals surface area contributed by atoms with Gasteiger partial charge in [0.1, 0.15) is 0 Å². The van der Waals surface area contributed by atoms with Gasteiger partial charge in [-0.05, 0) is 6.92 Å². The van der Waals surface area contributed by atoms with E-state index in [9.17, 15) is 19.2 Å². The van der Waals surface area contributed by atoms with Gasteiger partial charge in [0.05, 0.1) is 12.8 Å². The van der Waals surface area contributed by atoms with Crippen LogP contribution in [-0.4, -0.2) is 44.8 Å². The van der Waals surface area contributed by atoms with Crippen molar-refractivity contribution in [3.63, 3.8) is 0 Å². The zero-order chi connectivity index (χ0) is 15.8. The molecule has 0 bridgehead atoms. The molecule has 0 aliphatic heterocycles. The maximum Gasteiger partial charge on any atom is 0.349 e. The van der Waals surface area contributed by atoms with Crippen LogP contribution in [0.1, 0.15) is 19.8 Å². The van der Waals surface area contributed by atoms with Gasteiger partial charge in [-0.3, -0.25) is 9.59 Å². The van der Waals surface area contributed by atoms with Crippen LogP contribution in [0.3, 0.4) is 0 Å². The molecule has 0 aliphatic rings. The summed E-state index contributed by atoms with van der Waals surface area (Å²) < 4.78 is 4.55. The highest BCUT2D eigenvalue weighted by molar-refractivity contribution is 5.92. The van der Waals surface area contributed by atoms with Crippen LogP contribution in [0.25, 0.3) is 0 Å².